The molecule has 1 atom stereocenters. The van der Waals surface area contributed by atoms with Crippen LogP contribution in [0, 0.1) is 6.92 Å². The Labute approximate surface area is 93.1 Å². The standard InChI is InChI=1S/C11H11ClN2O/c1-7-4-3-5-9(6-7)11-14-13-10(15-11)8(2)12/h3-6,8H,1-2H3/t8-/m1/s1. The first-order valence-electron chi connectivity index (χ1n) is 4.71. The molecule has 0 saturated heterocycles. The fraction of sp³-hybridized carbons (Fsp3) is 0.273. The van der Waals surface area contributed by atoms with Gasteiger partial charge in [0.15, 0.2) is 0 Å². The van der Waals surface area contributed by atoms with Crippen molar-refractivity contribution >= 4 is 11.6 Å². The smallest absolute Gasteiger partial charge is 0.247 e. The molecule has 2 rings (SSSR count). The van der Waals surface area contributed by atoms with Crippen LogP contribution in [0.2, 0.25) is 0 Å². The van der Waals surface area contributed by atoms with E-state index in [1.54, 1.807) is 6.92 Å². The van der Waals surface area contributed by atoms with Crippen LogP contribution in [0.25, 0.3) is 11.5 Å². The Kier molecular flexibility index (Phi) is 2.73. The molecule has 0 unspecified atom stereocenters. The number of rotatable bonds is 2. The van der Waals surface area contributed by atoms with Crippen LogP contribution in [-0.4, -0.2) is 10.2 Å². The first-order valence-corrected chi connectivity index (χ1v) is 5.15. The summed E-state index contributed by atoms with van der Waals surface area (Å²) in [7, 11) is 0. The number of aryl methyl sites for hydroxylation is 1. The summed E-state index contributed by atoms with van der Waals surface area (Å²) in [6.07, 6.45) is 0. The Balaban J connectivity index is 2.37. The molecule has 0 N–H and O–H groups in total. The third-order valence-corrected chi connectivity index (χ3v) is 2.23. The zero-order valence-corrected chi connectivity index (χ0v) is 9.32. The molecular formula is C11H11ClN2O. The van der Waals surface area contributed by atoms with Gasteiger partial charge in [0.25, 0.3) is 0 Å². The molecule has 0 fully saturated rings. The van der Waals surface area contributed by atoms with Gasteiger partial charge in [-0.25, -0.2) is 0 Å². The molecule has 0 radical (unpaired) electrons. The molecule has 2 aromatic rings. The molecule has 0 saturated carbocycles. The lowest BCUT2D eigenvalue weighted by Gasteiger charge is -1.96. The van der Waals surface area contributed by atoms with Gasteiger partial charge in [-0.1, -0.05) is 17.7 Å². The quantitative estimate of drug-likeness (QED) is 0.732. The molecule has 3 nitrogen and oxygen atoms in total. The van der Waals surface area contributed by atoms with E-state index in [9.17, 15) is 0 Å². The molecule has 1 aromatic heterocycles. The van der Waals surface area contributed by atoms with Gasteiger partial charge < -0.3 is 4.42 Å². The summed E-state index contributed by atoms with van der Waals surface area (Å²) in [5, 5.41) is 7.57. The van der Waals surface area contributed by atoms with Gasteiger partial charge in [0, 0.05) is 5.56 Å². The van der Waals surface area contributed by atoms with Crippen molar-refractivity contribution in [3.8, 4) is 11.5 Å². The second-order valence-electron chi connectivity index (χ2n) is 3.43. The lowest BCUT2D eigenvalue weighted by Crippen LogP contribution is -1.81. The third-order valence-electron chi connectivity index (χ3n) is 2.05. The van der Waals surface area contributed by atoms with Crippen LogP contribution in [0.5, 0.6) is 0 Å². The maximum absolute atomic E-state index is 5.84. The van der Waals surface area contributed by atoms with Crippen molar-refractivity contribution in [3.05, 3.63) is 35.7 Å². The van der Waals surface area contributed by atoms with E-state index in [4.69, 9.17) is 16.0 Å². The Bertz CT molecular complexity index is 465. The molecule has 0 aliphatic heterocycles. The number of alkyl halides is 1. The van der Waals surface area contributed by atoms with E-state index in [0.717, 1.165) is 11.1 Å². The van der Waals surface area contributed by atoms with Crippen molar-refractivity contribution in [3.63, 3.8) is 0 Å². The fourth-order valence-electron chi connectivity index (χ4n) is 1.29. The molecule has 15 heavy (non-hydrogen) atoms. The highest BCUT2D eigenvalue weighted by atomic mass is 35.5. The van der Waals surface area contributed by atoms with Gasteiger partial charge in [-0.2, -0.15) is 0 Å². The lowest BCUT2D eigenvalue weighted by molar-refractivity contribution is 0.507. The van der Waals surface area contributed by atoms with Crippen LogP contribution in [0.15, 0.2) is 28.7 Å². The Hall–Kier alpha value is -1.35. The van der Waals surface area contributed by atoms with Gasteiger partial charge in [0.2, 0.25) is 11.8 Å². The topological polar surface area (TPSA) is 38.9 Å². The van der Waals surface area contributed by atoms with E-state index in [1.165, 1.54) is 0 Å². The molecule has 0 spiro atoms. The summed E-state index contributed by atoms with van der Waals surface area (Å²) >= 11 is 5.84. The van der Waals surface area contributed by atoms with Gasteiger partial charge in [0.1, 0.15) is 5.38 Å². The van der Waals surface area contributed by atoms with Gasteiger partial charge in [-0.15, -0.1) is 21.8 Å². The third kappa shape index (κ3) is 2.18. The fourth-order valence-corrected chi connectivity index (χ4v) is 1.38. The second kappa shape index (κ2) is 4.03. The van der Waals surface area contributed by atoms with Crippen LogP contribution in [0.1, 0.15) is 23.8 Å². The van der Waals surface area contributed by atoms with Crippen molar-refractivity contribution in [2.24, 2.45) is 0 Å². The van der Waals surface area contributed by atoms with Gasteiger partial charge in [-0.05, 0) is 26.0 Å². The average molecular weight is 223 g/mol. The Morgan fingerprint density at radius 2 is 2.13 bits per heavy atom. The minimum atomic E-state index is -0.254. The van der Waals surface area contributed by atoms with E-state index in [2.05, 4.69) is 10.2 Å². The number of halogens is 1. The second-order valence-corrected chi connectivity index (χ2v) is 4.09. The molecular weight excluding hydrogens is 212 g/mol. The number of benzene rings is 1. The van der Waals surface area contributed by atoms with E-state index in [0.29, 0.717) is 11.8 Å². The van der Waals surface area contributed by atoms with Gasteiger partial charge in [-0.3, -0.25) is 0 Å². The first kappa shape index (κ1) is 10.2. The lowest BCUT2D eigenvalue weighted by atomic mass is 10.1. The number of nitrogens with zero attached hydrogens (tertiary/aromatic N) is 2. The molecule has 0 aliphatic carbocycles. The summed E-state index contributed by atoms with van der Waals surface area (Å²) in [4.78, 5) is 0. The van der Waals surface area contributed by atoms with Crippen LogP contribution in [0.3, 0.4) is 0 Å². The highest BCUT2D eigenvalue weighted by Gasteiger charge is 2.12. The number of hydrogen-bond donors (Lipinski definition) is 0. The molecule has 1 aromatic carbocycles. The number of hydrogen-bond acceptors (Lipinski definition) is 3. The average Bonchev–Trinajstić information content (AvgIpc) is 2.66. The summed E-state index contributed by atoms with van der Waals surface area (Å²) in [6, 6.07) is 7.91. The maximum Gasteiger partial charge on any atom is 0.247 e. The largest absolute Gasteiger partial charge is 0.419 e. The van der Waals surface area contributed by atoms with Gasteiger partial charge in [0.05, 0.1) is 0 Å². The van der Waals surface area contributed by atoms with Crippen LogP contribution >= 0.6 is 11.6 Å². The summed E-state index contributed by atoms with van der Waals surface area (Å²) in [6.45, 7) is 3.82. The monoisotopic (exact) mass is 222 g/mol. The van der Waals surface area contributed by atoms with E-state index >= 15 is 0 Å². The molecule has 0 amide bonds. The van der Waals surface area contributed by atoms with Crippen molar-refractivity contribution < 1.29 is 4.42 Å². The predicted octanol–water partition coefficient (Wildman–Crippen LogP) is 3.34. The molecule has 0 bridgehead atoms. The zero-order valence-electron chi connectivity index (χ0n) is 8.57. The first-order chi connectivity index (χ1) is 7.16. The SMILES string of the molecule is Cc1cccc(-c2nnc([C@@H](C)Cl)o2)c1. The highest BCUT2D eigenvalue weighted by Crippen LogP contribution is 2.23. The van der Waals surface area contributed by atoms with Gasteiger partial charge >= 0.3 is 0 Å². The van der Waals surface area contributed by atoms with Crippen molar-refractivity contribution in [2.75, 3.05) is 0 Å². The molecule has 4 heteroatoms. The minimum Gasteiger partial charge on any atom is -0.419 e. The summed E-state index contributed by atoms with van der Waals surface area (Å²) in [5.74, 6) is 0.967. The molecule has 78 valence electrons. The predicted molar refractivity (Wildman–Crippen MR) is 58.7 cm³/mol. The summed E-state index contributed by atoms with van der Waals surface area (Å²) in [5.41, 5.74) is 2.08. The van der Waals surface area contributed by atoms with E-state index in [-0.39, 0.29) is 5.38 Å². The number of aromatic nitrogens is 2. The summed E-state index contributed by atoms with van der Waals surface area (Å²) < 4.78 is 5.43. The minimum absolute atomic E-state index is 0.254. The van der Waals surface area contributed by atoms with E-state index < -0.39 is 0 Å². The van der Waals surface area contributed by atoms with Crippen molar-refractivity contribution in [1.29, 1.82) is 0 Å². The maximum atomic E-state index is 5.84. The van der Waals surface area contributed by atoms with Crippen molar-refractivity contribution in [1.82, 2.24) is 10.2 Å². The van der Waals surface area contributed by atoms with Crippen molar-refractivity contribution in [2.45, 2.75) is 19.2 Å². The van der Waals surface area contributed by atoms with Crippen LogP contribution in [-0.2, 0) is 0 Å². The molecule has 1 heterocycles. The van der Waals surface area contributed by atoms with Crippen LogP contribution in [0.4, 0.5) is 0 Å². The Morgan fingerprint density at radius 1 is 1.33 bits per heavy atom. The van der Waals surface area contributed by atoms with Crippen LogP contribution < -0.4 is 0 Å². The highest BCUT2D eigenvalue weighted by molar-refractivity contribution is 6.20. The van der Waals surface area contributed by atoms with E-state index in [1.807, 2.05) is 31.2 Å². The Morgan fingerprint density at radius 3 is 2.73 bits per heavy atom. The molecule has 0 aliphatic rings. The normalized spacial score (nSPS) is 12.7. The zero-order chi connectivity index (χ0) is 10.8.